The minimum atomic E-state index is 0.0197. The van der Waals surface area contributed by atoms with Crippen LogP contribution in [0.25, 0.3) is 0 Å². The van der Waals surface area contributed by atoms with Crippen LogP contribution in [0.3, 0.4) is 0 Å². The molecule has 1 atom stereocenters. The van der Waals surface area contributed by atoms with E-state index in [4.69, 9.17) is 4.74 Å². The average molecular weight is 354 g/mol. The number of methoxy groups -OCH3 is 1. The third-order valence-corrected chi connectivity index (χ3v) is 5.37. The van der Waals surface area contributed by atoms with E-state index in [1.807, 2.05) is 18.0 Å². The van der Waals surface area contributed by atoms with Crippen molar-refractivity contribution in [1.82, 2.24) is 19.6 Å². The smallest absolute Gasteiger partial charge is 0.261 e. The number of aromatic nitrogens is 2. The maximum Gasteiger partial charge on any atom is 0.261 e. The van der Waals surface area contributed by atoms with Crippen LogP contribution < -0.4 is 4.74 Å². The van der Waals surface area contributed by atoms with Crippen molar-refractivity contribution in [2.75, 3.05) is 26.7 Å². The summed E-state index contributed by atoms with van der Waals surface area (Å²) in [7, 11) is 3.37. The molecule has 0 radical (unpaired) electrons. The van der Waals surface area contributed by atoms with Crippen LogP contribution in [0, 0.1) is 0 Å². The van der Waals surface area contributed by atoms with Gasteiger partial charge in [0.05, 0.1) is 7.11 Å². The number of carbonyl (C=O) groups excluding carboxylic acids is 1. The highest BCUT2D eigenvalue weighted by Gasteiger charge is 2.38. The molecule has 1 aliphatic heterocycles. The van der Waals surface area contributed by atoms with Gasteiger partial charge in [-0.1, -0.05) is 30.3 Å². The predicted octanol–water partition coefficient (Wildman–Crippen LogP) is 1.96. The lowest BCUT2D eigenvalue weighted by molar-refractivity contribution is 0.0434. The molecule has 1 aliphatic carbocycles. The zero-order chi connectivity index (χ0) is 18.1. The number of piperazine rings is 1. The Labute approximate surface area is 154 Å². The average Bonchev–Trinajstić information content (AvgIpc) is 3.44. The maximum absolute atomic E-state index is 13.3. The molecule has 2 aliphatic rings. The third kappa shape index (κ3) is 3.46. The topological polar surface area (TPSA) is 50.6 Å². The van der Waals surface area contributed by atoms with E-state index in [0.29, 0.717) is 11.4 Å². The first-order chi connectivity index (χ1) is 12.7. The Morgan fingerprint density at radius 2 is 2.00 bits per heavy atom. The van der Waals surface area contributed by atoms with Crippen LogP contribution in [-0.2, 0) is 13.5 Å². The van der Waals surface area contributed by atoms with Crippen LogP contribution in [0.5, 0.6) is 5.88 Å². The minimum absolute atomic E-state index is 0.0197. The zero-order valence-electron chi connectivity index (χ0n) is 15.5. The molecule has 0 N–H and O–H groups in total. The Morgan fingerprint density at radius 3 is 2.69 bits per heavy atom. The fraction of sp³-hybridized carbons (Fsp3) is 0.500. The first-order valence-electron chi connectivity index (χ1n) is 9.32. The number of ether oxygens (including phenoxy) is 1. The summed E-state index contributed by atoms with van der Waals surface area (Å²) in [4.78, 5) is 17.8. The molecule has 138 valence electrons. The van der Waals surface area contributed by atoms with E-state index < -0.39 is 0 Å². The lowest BCUT2D eigenvalue weighted by atomic mass is 10.0. The quantitative estimate of drug-likeness (QED) is 0.824. The summed E-state index contributed by atoms with van der Waals surface area (Å²) in [6.45, 7) is 2.64. The minimum Gasteiger partial charge on any atom is -0.479 e. The van der Waals surface area contributed by atoms with E-state index >= 15 is 0 Å². The van der Waals surface area contributed by atoms with Gasteiger partial charge in [0.1, 0.15) is 5.56 Å². The van der Waals surface area contributed by atoms with Crippen LogP contribution in [0.4, 0.5) is 0 Å². The Kier molecular flexibility index (Phi) is 4.68. The van der Waals surface area contributed by atoms with Crippen LogP contribution in [0.1, 0.15) is 28.8 Å². The van der Waals surface area contributed by atoms with Crippen molar-refractivity contribution in [3.63, 3.8) is 0 Å². The van der Waals surface area contributed by atoms with Crippen molar-refractivity contribution in [1.29, 1.82) is 0 Å². The van der Waals surface area contributed by atoms with Crippen molar-refractivity contribution < 1.29 is 9.53 Å². The second-order valence-electron chi connectivity index (χ2n) is 7.29. The predicted molar refractivity (Wildman–Crippen MR) is 99.3 cm³/mol. The van der Waals surface area contributed by atoms with Gasteiger partial charge in [0.2, 0.25) is 5.88 Å². The van der Waals surface area contributed by atoms with E-state index in [1.165, 1.54) is 18.4 Å². The standard InChI is InChI=1S/C20H26N4O2/c1-22-14-18(19(21-22)26-2)20(25)24-11-10-23(16-8-9-16)13-17(24)12-15-6-4-3-5-7-15/h3-7,14,16-17H,8-13H2,1-2H3. The van der Waals surface area contributed by atoms with Gasteiger partial charge in [-0.05, 0) is 24.8 Å². The second-order valence-corrected chi connectivity index (χ2v) is 7.29. The lowest BCUT2D eigenvalue weighted by Gasteiger charge is -2.41. The van der Waals surface area contributed by atoms with E-state index in [2.05, 4.69) is 34.3 Å². The molecular formula is C20H26N4O2. The summed E-state index contributed by atoms with van der Waals surface area (Å²) in [6, 6.07) is 11.3. The van der Waals surface area contributed by atoms with Gasteiger partial charge in [-0.3, -0.25) is 14.4 Å². The molecule has 26 heavy (non-hydrogen) atoms. The van der Waals surface area contributed by atoms with E-state index in [-0.39, 0.29) is 11.9 Å². The fourth-order valence-electron chi connectivity index (χ4n) is 3.90. The van der Waals surface area contributed by atoms with Crippen molar-refractivity contribution >= 4 is 5.91 Å². The van der Waals surface area contributed by atoms with Gasteiger partial charge in [0.15, 0.2) is 0 Å². The Bertz CT molecular complexity index is 769. The molecule has 0 bridgehead atoms. The fourth-order valence-corrected chi connectivity index (χ4v) is 3.90. The molecule has 1 aromatic heterocycles. The monoisotopic (exact) mass is 354 g/mol. The van der Waals surface area contributed by atoms with Crippen molar-refractivity contribution in [3.8, 4) is 5.88 Å². The van der Waals surface area contributed by atoms with Crippen LogP contribution in [0.15, 0.2) is 36.5 Å². The van der Waals surface area contributed by atoms with E-state index in [1.54, 1.807) is 18.0 Å². The molecule has 1 saturated carbocycles. The summed E-state index contributed by atoms with van der Waals surface area (Å²) in [5, 5.41) is 4.24. The van der Waals surface area contributed by atoms with Gasteiger partial charge in [-0.25, -0.2) is 0 Å². The highest BCUT2D eigenvalue weighted by atomic mass is 16.5. The van der Waals surface area contributed by atoms with Gasteiger partial charge in [-0.2, -0.15) is 0 Å². The number of carbonyl (C=O) groups is 1. The summed E-state index contributed by atoms with van der Waals surface area (Å²) in [5.41, 5.74) is 1.82. The largest absolute Gasteiger partial charge is 0.479 e. The molecule has 1 aromatic carbocycles. The summed E-state index contributed by atoms with van der Waals surface area (Å²) >= 11 is 0. The molecule has 1 unspecified atom stereocenters. The van der Waals surface area contributed by atoms with Crippen LogP contribution >= 0.6 is 0 Å². The SMILES string of the molecule is COc1nn(C)cc1C(=O)N1CCN(C2CC2)CC1Cc1ccccc1. The molecule has 2 heterocycles. The number of rotatable bonds is 5. The number of amides is 1. The van der Waals surface area contributed by atoms with Crippen LogP contribution in [-0.4, -0.2) is 64.3 Å². The van der Waals surface area contributed by atoms with Gasteiger partial charge in [-0.15, -0.1) is 5.10 Å². The molecule has 1 saturated heterocycles. The second kappa shape index (κ2) is 7.11. The van der Waals surface area contributed by atoms with Gasteiger partial charge in [0.25, 0.3) is 5.91 Å². The number of aryl methyl sites for hydroxylation is 1. The van der Waals surface area contributed by atoms with Crippen LogP contribution in [0.2, 0.25) is 0 Å². The lowest BCUT2D eigenvalue weighted by Crippen LogP contribution is -2.56. The molecule has 1 amide bonds. The van der Waals surface area contributed by atoms with Crippen molar-refractivity contribution in [2.45, 2.75) is 31.3 Å². The van der Waals surface area contributed by atoms with Gasteiger partial charge >= 0.3 is 0 Å². The van der Waals surface area contributed by atoms with Crippen molar-refractivity contribution in [2.24, 2.45) is 7.05 Å². The molecule has 2 fully saturated rings. The third-order valence-electron chi connectivity index (χ3n) is 5.37. The van der Waals surface area contributed by atoms with E-state index in [9.17, 15) is 4.79 Å². The number of hydrogen-bond acceptors (Lipinski definition) is 4. The highest BCUT2D eigenvalue weighted by Crippen LogP contribution is 2.30. The number of benzene rings is 1. The molecule has 0 spiro atoms. The maximum atomic E-state index is 13.3. The summed E-state index contributed by atoms with van der Waals surface area (Å²) in [5.74, 6) is 0.423. The molecule has 2 aromatic rings. The molecule has 6 heteroatoms. The normalized spacial score (nSPS) is 21.0. The van der Waals surface area contributed by atoms with Gasteiger partial charge < -0.3 is 9.64 Å². The van der Waals surface area contributed by atoms with Crippen molar-refractivity contribution in [3.05, 3.63) is 47.7 Å². The Morgan fingerprint density at radius 1 is 1.23 bits per heavy atom. The first kappa shape index (κ1) is 17.1. The number of hydrogen-bond donors (Lipinski definition) is 0. The summed E-state index contributed by atoms with van der Waals surface area (Å²) in [6.07, 6.45) is 5.22. The molecule has 6 nitrogen and oxygen atoms in total. The number of nitrogens with zero attached hydrogens (tertiary/aromatic N) is 4. The highest BCUT2D eigenvalue weighted by molar-refractivity contribution is 5.96. The first-order valence-corrected chi connectivity index (χ1v) is 9.32. The molecular weight excluding hydrogens is 328 g/mol. The van der Waals surface area contributed by atoms with E-state index in [0.717, 1.165) is 32.1 Å². The Balaban J connectivity index is 1.58. The molecule has 4 rings (SSSR count). The zero-order valence-corrected chi connectivity index (χ0v) is 15.5. The summed E-state index contributed by atoms with van der Waals surface area (Å²) < 4.78 is 6.95. The Hall–Kier alpha value is -2.34. The van der Waals surface area contributed by atoms with Gasteiger partial charge in [0, 0.05) is 45.0 Å².